The highest BCUT2D eigenvalue weighted by molar-refractivity contribution is 14.0. The quantitative estimate of drug-likeness (QED) is 0.198. The number of halogens is 1. The molecule has 2 aliphatic rings. The highest BCUT2D eigenvalue weighted by Gasteiger charge is 2.42. The van der Waals surface area contributed by atoms with Crippen molar-refractivity contribution in [2.24, 2.45) is 10.4 Å². The summed E-state index contributed by atoms with van der Waals surface area (Å²) in [7, 11) is 3.69. The molecule has 1 saturated heterocycles. The van der Waals surface area contributed by atoms with Gasteiger partial charge < -0.3 is 24.7 Å². The summed E-state index contributed by atoms with van der Waals surface area (Å²) in [5, 5.41) is 6.90. The molecule has 0 atom stereocenters. The van der Waals surface area contributed by atoms with Crippen LogP contribution in [-0.4, -0.2) is 88.2 Å². The van der Waals surface area contributed by atoms with Crippen LogP contribution in [0.15, 0.2) is 27.8 Å². The van der Waals surface area contributed by atoms with Gasteiger partial charge in [0.2, 0.25) is 5.91 Å². The molecule has 182 valence electrons. The number of ether oxygens (including phenoxy) is 1. The number of morpholine rings is 1. The zero-order valence-electron chi connectivity index (χ0n) is 19.6. The Kier molecular flexibility index (Phi) is 11.8. The highest BCUT2D eigenvalue weighted by atomic mass is 127. The van der Waals surface area contributed by atoms with Gasteiger partial charge in [0.25, 0.3) is 0 Å². The zero-order chi connectivity index (χ0) is 21.9. The number of hydrogen-bond donors (Lipinski definition) is 2. The van der Waals surface area contributed by atoms with Gasteiger partial charge in [-0.25, -0.2) is 0 Å². The number of carbonyl (C=O) groups is 1. The fraction of sp³-hybridized carbons (Fsp3) is 0.739. The fourth-order valence-electron chi connectivity index (χ4n) is 4.46. The van der Waals surface area contributed by atoms with Crippen LogP contribution >= 0.6 is 24.0 Å². The van der Waals surface area contributed by atoms with E-state index in [1.807, 2.05) is 26.2 Å². The first kappa shape index (κ1) is 26.9. The summed E-state index contributed by atoms with van der Waals surface area (Å²) in [6.07, 6.45) is 7.58. The third-order valence-corrected chi connectivity index (χ3v) is 6.25. The van der Waals surface area contributed by atoms with Gasteiger partial charge in [-0.2, -0.15) is 0 Å². The van der Waals surface area contributed by atoms with E-state index < -0.39 is 0 Å². The molecule has 0 radical (unpaired) electrons. The Balaban J connectivity index is 0.00000363. The second kappa shape index (κ2) is 14.0. The Morgan fingerprint density at radius 3 is 2.56 bits per heavy atom. The van der Waals surface area contributed by atoms with E-state index in [1.165, 1.54) is 0 Å². The first-order chi connectivity index (χ1) is 15.1. The monoisotopic (exact) mass is 561 g/mol. The summed E-state index contributed by atoms with van der Waals surface area (Å²) in [5.41, 5.74) is -0.354. The summed E-state index contributed by atoms with van der Waals surface area (Å²) < 4.78 is 10.9. The SMILES string of the molecule is CN(C)C(=O)C1(CN=C(NCCCN2CCOCC2)NCCc2ccco2)CCCC1.I. The number of nitrogens with one attached hydrogen (secondary N) is 2. The van der Waals surface area contributed by atoms with E-state index >= 15 is 0 Å². The van der Waals surface area contributed by atoms with Gasteiger partial charge in [0, 0.05) is 46.7 Å². The van der Waals surface area contributed by atoms with Gasteiger partial charge in [-0.05, 0) is 37.9 Å². The minimum Gasteiger partial charge on any atom is -0.469 e. The molecule has 3 rings (SSSR count). The lowest BCUT2D eigenvalue weighted by molar-refractivity contribution is -0.138. The molecule has 2 heterocycles. The van der Waals surface area contributed by atoms with Crippen LogP contribution in [0.2, 0.25) is 0 Å². The maximum atomic E-state index is 12.9. The van der Waals surface area contributed by atoms with Crippen LogP contribution in [0, 0.1) is 5.41 Å². The Morgan fingerprint density at radius 2 is 1.91 bits per heavy atom. The Bertz CT molecular complexity index is 684. The van der Waals surface area contributed by atoms with E-state index in [4.69, 9.17) is 14.1 Å². The van der Waals surface area contributed by atoms with Crippen molar-refractivity contribution < 1.29 is 13.9 Å². The molecule has 1 aliphatic carbocycles. The predicted molar refractivity (Wildman–Crippen MR) is 138 cm³/mol. The maximum absolute atomic E-state index is 12.9. The van der Waals surface area contributed by atoms with Gasteiger partial charge in [0.05, 0.1) is 31.4 Å². The van der Waals surface area contributed by atoms with Gasteiger partial charge in [-0.3, -0.25) is 14.7 Å². The Labute approximate surface area is 209 Å². The molecule has 0 spiro atoms. The first-order valence-corrected chi connectivity index (χ1v) is 11.7. The summed E-state index contributed by atoms with van der Waals surface area (Å²) in [6, 6.07) is 3.89. The molecule has 1 amide bonds. The van der Waals surface area contributed by atoms with Crippen LogP contribution < -0.4 is 10.6 Å². The van der Waals surface area contributed by atoms with E-state index in [1.54, 1.807) is 11.2 Å². The van der Waals surface area contributed by atoms with Gasteiger partial charge in [-0.1, -0.05) is 12.8 Å². The first-order valence-electron chi connectivity index (χ1n) is 11.7. The molecular weight excluding hydrogens is 521 g/mol. The largest absolute Gasteiger partial charge is 0.469 e. The second-order valence-electron chi connectivity index (χ2n) is 8.84. The summed E-state index contributed by atoms with van der Waals surface area (Å²) in [5.74, 6) is 1.94. The number of hydrogen-bond acceptors (Lipinski definition) is 5. The summed E-state index contributed by atoms with van der Waals surface area (Å²) >= 11 is 0. The van der Waals surface area contributed by atoms with Crippen LogP contribution in [0.1, 0.15) is 37.9 Å². The summed E-state index contributed by atoms with van der Waals surface area (Å²) in [4.78, 5) is 21.9. The third kappa shape index (κ3) is 8.22. The molecule has 8 nitrogen and oxygen atoms in total. The van der Waals surface area contributed by atoms with E-state index in [-0.39, 0.29) is 35.3 Å². The number of guanidine groups is 1. The van der Waals surface area contributed by atoms with Crippen molar-refractivity contribution in [3.63, 3.8) is 0 Å². The van der Waals surface area contributed by atoms with Crippen molar-refractivity contribution in [2.75, 3.05) is 66.6 Å². The lowest BCUT2D eigenvalue weighted by Gasteiger charge is -2.29. The summed E-state index contributed by atoms with van der Waals surface area (Å²) in [6.45, 7) is 6.85. The van der Waals surface area contributed by atoms with Crippen LogP contribution in [-0.2, 0) is 16.0 Å². The predicted octanol–water partition coefficient (Wildman–Crippen LogP) is 2.35. The molecule has 1 aromatic rings. The average Bonchev–Trinajstić information content (AvgIpc) is 3.47. The van der Waals surface area contributed by atoms with Gasteiger partial charge >= 0.3 is 0 Å². The molecule has 0 aromatic carbocycles. The average molecular weight is 562 g/mol. The molecule has 0 bridgehead atoms. The number of amides is 1. The molecule has 9 heteroatoms. The second-order valence-corrected chi connectivity index (χ2v) is 8.84. The number of carbonyl (C=O) groups excluding carboxylic acids is 1. The van der Waals surface area contributed by atoms with Gasteiger partial charge in [0.15, 0.2) is 5.96 Å². The third-order valence-electron chi connectivity index (χ3n) is 6.25. The Morgan fingerprint density at radius 1 is 1.19 bits per heavy atom. The van der Waals surface area contributed by atoms with Crippen molar-refractivity contribution in [3.05, 3.63) is 24.2 Å². The van der Waals surface area contributed by atoms with Crippen molar-refractivity contribution in [1.82, 2.24) is 20.4 Å². The number of aliphatic imine (C=N–C) groups is 1. The molecular formula is C23H40IN5O3. The van der Waals surface area contributed by atoms with Crippen LogP contribution in [0.5, 0.6) is 0 Å². The van der Waals surface area contributed by atoms with E-state index in [9.17, 15) is 4.79 Å². The van der Waals surface area contributed by atoms with E-state index in [0.717, 1.165) is 96.2 Å². The molecule has 1 saturated carbocycles. The van der Waals surface area contributed by atoms with Crippen molar-refractivity contribution in [1.29, 1.82) is 0 Å². The molecule has 32 heavy (non-hydrogen) atoms. The lowest BCUT2D eigenvalue weighted by atomic mass is 9.85. The lowest BCUT2D eigenvalue weighted by Crippen LogP contribution is -2.44. The van der Waals surface area contributed by atoms with Crippen molar-refractivity contribution in [2.45, 2.75) is 38.5 Å². The minimum atomic E-state index is -0.354. The van der Waals surface area contributed by atoms with E-state index in [0.29, 0.717) is 6.54 Å². The normalized spacial score (nSPS) is 18.8. The van der Waals surface area contributed by atoms with Crippen LogP contribution in [0.25, 0.3) is 0 Å². The van der Waals surface area contributed by atoms with Gasteiger partial charge in [-0.15, -0.1) is 24.0 Å². The maximum Gasteiger partial charge on any atom is 0.230 e. The van der Waals surface area contributed by atoms with Crippen molar-refractivity contribution in [3.8, 4) is 0 Å². The minimum absolute atomic E-state index is 0. The Hall–Kier alpha value is -1.33. The van der Waals surface area contributed by atoms with Crippen LogP contribution in [0.3, 0.4) is 0 Å². The fourth-order valence-corrected chi connectivity index (χ4v) is 4.46. The van der Waals surface area contributed by atoms with Crippen molar-refractivity contribution >= 4 is 35.8 Å². The smallest absolute Gasteiger partial charge is 0.230 e. The standard InChI is InChI=1S/C23H39N5O3.HI/c1-27(2)21(29)23(9-3-4-10-23)19-26-22(25-12-8-20-7-5-16-31-20)24-11-6-13-28-14-17-30-18-15-28;/h5,7,16H,3-4,6,8-15,17-19H2,1-2H3,(H2,24,25,26);1H. The zero-order valence-corrected chi connectivity index (χ0v) is 21.9. The number of furan rings is 1. The number of nitrogens with zero attached hydrogens (tertiary/aromatic N) is 3. The highest BCUT2D eigenvalue weighted by Crippen LogP contribution is 2.39. The van der Waals surface area contributed by atoms with E-state index in [2.05, 4.69) is 15.5 Å². The molecule has 1 aromatic heterocycles. The van der Waals surface area contributed by atoms with Gasteiger partial charge in [0.1, 0.15) is 5.76 Å². The molecule has 2 fully saturated rings. The molecule has 2 N–H and O–H groups in total. The topological polar surface area (TPSA) is 82.3 Å². The number of rotatable bonds is 10. The molecule has 1 aliphatic heterocycles. The molecule has 0 unspecified atom stereocenters. The van der Waals surface area contributed by atoms with Crippen LogP contribution in [0.4, 0.5) is 0 Å².